The predicted molar refractivity (Wildman–Crippen MR) is 165 cm³/mol. The van der Waals surface area contributed by atoms with E-state index in [4.69, 9.17) is 23.2 Å². The van der Waals surface area contributed by atoms with Crippen LogP contribution in [0.1, 0.15) is 43.2 Å². The van der Waals surface area contributed by atoms with E-state index in [1.165, 1.54) is 23.1 Å². The summed E-state index contributed by atoms with van der Waals surface area (Å²) >= 11 is 12.2. The van der Waals surface area contributed by atoms with Crippen molar-refractivity contribution in [1.29, 1.82) is 0 Å². The van der Waals surface area contributed by atoms with Gasteiger partial charge < -0.3 is 10.2 Å². The maximum absolute atomic E-state index is 14.1. The Bertz CT molecular complexity index is 1430. The van der Waals surface area contributed by atoms with Gasteiger partial charge in [-0.3, -0.25) is 13.9 Å². The first-order valence-electron chi connectivity index (χ1n) is 13.7. The van der Waals surface area contributed by atoms with Crippen LogP contribution in [-0.4, -0.2) is 50.0 Å². The van der Waals surface area contributed by atoms with Crippen LogP contribution in [-0.2, 0) is 32.6 Å². The number of hydrogen-bond donors (Lipinski definition) is 1. The summed E-state index contributed by atoms with van der Waals surface area (Å²) in [6.45, 7) is -0.375. The minimum Gasteiger partial charge on any atom is -0.352 e. The van der Waals surface area contributed by atoms with Gasteiger partial charge in [0.15, 0.2) is 0 Å². The average molecular weight is 617 g/mol. The second kappa shape index (κ2) is 14.2. The molecule has 1 aliphatic carbocycles. The predicted octanol–water partition coefficient (Wildman–Crippen LogP) is 5.85. The molecule has 41 heavy (non-hydrogen) atoms. The molecule has 0 heterocycles. The number of amides is 2. The van der Waals surface area contributed by atoms with E-state index in [0.29, 0.717) is 0 Å². The normalized spacial score (nSPS) is 14.7. The van der Waals surface area contributed by atoms with Gasteiger partial charge in [-0.25, -0.2) is 8.42 Å². The van der Waals surface area contributed by atoms with Crippen LogP contribution >= 0.6 is 23.2 Å². The standard InChI is InChI=1S/C31H35Cl2N3O4S/c1-41(39,40)36(26-17-18-27(32)28(33)20-26)22-30(37)35(21-24-13-7-3-8-14-24)29(19-23-11-5-2-6-12-23)31(38)34-25-15-9-4-10-16-25/h2-3,5-8,11-14,17-18,20,25,29H,4,9-10,15-16,19,21-22H2,1H3,(H,34,38)/t29-/m1/s1. The Morgan fingerprint density at radius 2 is 1.49 bits per heavy atom. The molecular weight excluding hydrogens is 581 g/mol. The fourth-order valence-corrected chi connectivity index (χ4v) is 6.27. The lowest BCUT2D eigenvalue weighted by Gasteiger charge is -2.35. The van der Waals surface area contributed by atoms with Crippen LogP contribution in [0.15, 0.2) is 78.9 Å². The molecular formula is C31H35Cl2N3O4S. The molecule has 1 fully saturated rings. The van der Waals surface area contributed by atoms with E-state index in [0.717, 1.165) is 53.8 Å². The largest absolute Gasteiger partial charge is 0.352 e. The Morgan fingerprint density at radius 1 is 0.878 bits per heavy atom. The van der Waals surface area contributed by atoms with Crippen molar-refractivity contribution in [3.05, 3.63) is 100 Å². The number of halogens is 2. The van der Waals surface area contributed by atoms with Crippen LogP contribution in [0, 0.1) is 0 Å². The molecule has 0 spiro atoms. The smallest absolute Gasteiger partial charge is 0.244 e. The summed E-state index contributed by atoms with van der Waals surface area (Å²) in [6.07, 6.45) is 6.35. The molecule has 0 saturated heterocycles. The number of rotatable bonds is 11. The van der Waals surface area contributed by atoms with Gasteiger partial charge in [-0.05, 0) is 42.2 Å². The second-order valence-electron chi connectivity index (χ2n) is 10.4. The molecule has 1 atom stereocenters. The molecule has 4 rings (SSSR count). The highest BCUT2D eigenvalue weighted by atomic mass is 35.5. The summed E-state index contributed by atoms with van der Waals surface area (Å²) in [6, 6.07) is 22.5. The SMILES string of the molecule is CS(=O)(=O)N(CC(=O)N(Cc1ccccc1)[C@H](Cc1ccccc1)C(=O)NC1CCCCC1)c1ccc(Cl)c(Cl)c1. The lowest BCUT2D eigenvalue weighted by atomic mass is 9.94. The molecule has 3 aromatic carbocycles. The molecule has 3 aromatic rings. The fourth-order valence-electron chi connectivity index (χ4n) is 5.13. The maximum atomic E-state index is 14.1. The zero-order chi connectivity index (χ0) is 29.4. The van der Waals surface area contributed by atoms with Gasteiger partial charge in [-0.1, -0.05) is 103 Å². The molecule has 0 unspecified atom stereocenters. The van der Waals surface area contributed by atoms with Gasteiger partial charge in [0.25, 0.3) is 0 Å². The van der Waals surface area contributed by atoms with E-state index in [1.54, 1.807) is 0 Å². The van der Waals surface area contributed by atoms with Crippen LogP contribution in [0.3, 0.4) is 0 Å². The zero-order valence-corrected chi connectivity index (χ0v) is 25.3. The van der Waals surface area contributed by atoms with Crippen molar-refractivity contribution in [2.45, 2.75) is 57.2 Å². The van der Waals surface area contributed by atoms with Crippen molar-refractivity contribution in [3.8, 4) is 0 Å². The topological polar surface area (TPSA) is 86.8 Å². The molecule has 10 heteroatoms. The summed E-state index contributed by atoms with van der Waals surface area (Å²) < 4.78 is 26.8. The molecule has 1 aliphatic rings. The number of carbonyl (C=O) groups excluding carboxylic acids is 2. The fraction of sp³-hybridized carbons (Fsp3) is 0.355. The van der Waals surface area contributed by atoms with E-state index in [9.17, 15) is 18.0 Å². The first-order chi connectivity index (χ1) is 19.6. The van der Waals surface area contributed by atoms with Crippen molar-refractivity contribution in [3.63, 3.8) is 0 Å². The molecule has 0 aliphatic heterocycles. The molecule has 218 valence electrons. The Morgan fingerprint density at radius 3 is 2.07 bits per heavy atom. The van der Waals surface area contributed by atoms with E-state index in [1.807, 2.05) is 60.7 Å². The van der Waals surface area contributed by atoms with Crippen molar-refractivity contribution >= 4 is 50.7 Å². The zero-order valence-electron chi connectivity index (χ0n) is 23.0. The van der Waals surface area contributed by atoms with Crippen LogP contribution in [0.2, 0.25) is 10.0 Å². The number of benzene rings is 3. The molecule has 0 radical (unpaired) electrons. The van der Waals surface area contributed by atoms with E-state index >= 15 is 0 Å². The second-order valence-corrected chi connectivity index (χ2v) is 13.1. The monoisotopic (exact) mass is 615 g/mol. The highest BCUT2D eigenvalue weighted by Crippen LogP contribution is 2.29. The van der Waals surface area contributed by atoms with Gasteiger partial charge in [-0.15, -0.1) is 0 Å². The average Bonchev–Trinajstić information content (AvgIpc) is 2.96. The summed E-state index contributed by atoms with van der Waals surface area (Å²) in [7, 11) is -3.89. The molecule has 0 bridgehead atoms. The summed E-state index contributed by atoms with van der Waals surface area (Å²) in [5, 5.41) is 3.63. The summed E-state index contributed by atoms with van der Waals surface area (Å²) in [5.41, 5.74) is 1.93. The molecule has 2 amide bonds. The van der Waals surface area contributed by atoms with Crippen LogP contribution in [0.25, 0.3) is 0 Å². The highest BCUT2D eigenvalue weighted by Gasteiger charge is 2.34. The number of hydrogen-bond acceptors (Lipinski definition) is 4. The van der Waals surface area contributed by atoms with Crippen LogP contribution in [0.4, 0.5) is 5.69 Å². The Balaban J connectivity index is 1.71. The van der Waals surface area contributed by atoms with Crippen molar-refractivity contribution in [1.82, 2.24) is 10.2 Å². The Kier molecular flexibility index (Phi) is 10.7. The lowest BCUT2D eigenvalue weighted by molar-refractivity contribution is -0.140. The molecule has 0 aromatic heterocycles. The number of carbonyl (C=O) groups is 2. The number of sulfonamides is 1. The van der Waals surface area contributed by atoms with Gasteiger partial charge in [0, 0.05) is 19.0 Å². The van der Waals surface area contributed by atoms with E-state index < -0.39 is 28.5 Å². The third-order valence-electron chi connectivity index (χ3n) is 7.29. The quantitative estimate of drug-likeness (QED) is 0.293. The van der Waals surface area contributed by atoms with Gasteiger partial charge in [0.1, 0.15) is 12.6 Å². The Labute approximate surface area is 252 Å². The number of nitrogens with zero attached hydrogens (tertiary/aromatic N) is 2. The van der Waals surface area contributed by atoms with E-state index in [2.05, 4.69) is 5.32 Å². The third kappa shape index (κ3) is 8.71. The molecule has 1 N–H and O–H groups in total. The van der Waals surface area contributed by atoms with Crippen molar-refractivity contribution in [2.24, 2.45) is 0 Å². The summed E-state index contributed by atoms with van der Waals surface area (Å²) in [4.78, 5) is 29.6. The lowest BCUT2D eigenvalue weighted by Crippen LogP contribution is -2.55. The minimum absolute atomic E-state index is 0.0481. The van der Waals surface area contributed by atoms with Gasteiger partial charge >= 0.3 is 0 Å². The van der Waals surface area contributed by atoms with Crippen molar-refractivity contribution in [2.75, 3.05) is 17.1 Å². The van der Waals surface area contributed by atoms with Crippen molar-refractivity contribution < 1.29 is 18.0 Å². The number of anilines is 1. The van der Waals surface area contributed by atoms with Gasteiger partial charge in [-0.2, -0.15) is 0 Å². The maximum Gasteiger partial charge on any atom is 0.244 e. The minimum atomic E-state index is -3.89. The molecule has 7 nitrogen and oxygen atoms in total. The first kappa shape index (κ1) is 30.9. The Hall–Kier alpha value is -3.07. The van der Waals surface area contributed by atoms with Crippen LogP contribution in [0.5, 0.6) is 0 Å². The van der Waals surface area contributed by atoms with Gasteiger partial charge in [0.2, 0.25) is 21.8 Å². The van der Waals surface area contributed by atoms with E-state index in [-0.39, 0.29) is 40.6 Å². The molecule has 1 saturated carbocycles. The third-order valence-corrected chi connectivity index (χ3v) is 9.17. The summed E-state index contributed by atoms with van der Waals surface area (Å²) in [5.74, 6) is -0.754. The highest BCUT2D eigenvalue weighted by molar-refractivity contribution is 7.92. The number of nitrogens with one attached hydrogen (secondary N) is 1. The van der Waals surface area contributed by atoms with Gasteiger partial charge in [0.05, 0.1) is 22.0 Å². The van der Waals surface area contributed by atoms with Crippen LogP contribution < -0.4 is 9.62 Å². The first-order valence-corrected chi connectivity index (χ1v) is 16.3.